The van der Waals surface area contributed by atoms with E-state index in [1.54, 1.807) is 6.92 Å². The van der Waals surface area contributed by atoms with Gasteiger partial charge in [-0.3, -0.25) is 9.78 Å². The van der Waals surface area contributed by atoms with Gasteiger partial charge < -0.3 is 10.5 Å². The van der Waals surface area contributed by atoms with E-state index >= 15 is 0 Å². The number of nitrogens with two attached hydrogens (primary N) is 1. The molecule has 0 aliphatic carbocycles. The van der Waals surface area contributed by atoms with Gasteiger partial charge >= 0.3 is 5.97 Å². The number of nitrogens with zero attached hydrogens (tertiary/aromatic N) is 1. The average molecular weight is 279 g/mol. The molecule has 100 valence electrons. The molecule has 0 atom stereocenters. The molecule has 0 unspecified atom stereocenters. The molecule has 4 nitrogen and oxygen atoms in total. The molecule has 0 saturated heterocycles. The molecule has 0 aliphatic heterocycles. The summed E-state index contributed by atoms with van der Waals surface area (Å²) in [5.74, 6) is -0.622. The molecule has 1 rings (SSSR count). The van der Waals surface area contributed by atoms with Gasteiger partial charge in [-0.05, 0) is 12.5 Å². The lowest BCUT2D eigenvalue weighted by molar-refractivity contribution is -0.142. The van der Waals surface area contributed by atoms with E-state index in [0.29, 0.717) is 0 Å². The zero-order valence-corrected chi connectivity index (χ0v) is 10.5. The summed E-state index contributed by atoms with van der Waals surface area (Å²) in [6.07, 6.45) is -2.08. The lowest BCUT2D eigenvalue weighted by atomic mass is 10.0. The summed E-state index contributed by atoms with van der Waals surface area (Å²) in [6, 6.07) is 0. The first-order valence-corrected chi connectivity index (χ1v) is 5.80. The number of anilines is 1. The molecular formula is C11H13ClF2N2O2. The second-order valence-corrected chi connectivity index (χ2v) is 3.74. The summed E-state index contributed by atoms with van der Waals surface area (Å²) in [4.78, 5) is 15.1. The molecule has 18 heavy (non-hydrogen) atoms. The average Bonchev–Trinajstić information content (AvgIpc) is 2.31. The minimum absolute atomic E-state index is 0.00875. The van der Waals surface area contributed by atoms with E-state index in [9.17, 15) is 13.6 Å². The van der Waals surface area contributed by atoms with Crippen molar-refractivity contribution in [3.05, 3.63) is 23.0 Å². The highest BCUT2D eigenvalue weighted by Crippen LogP contribution is 2.29. The first-order valence-electron chi connectivity index (χ1n) is 5.27. The van der Waals surface area contributed by atoms with Crippen LogP contribution in [0.3, 0.4) is 0 Å². The number of carbonyl (C=O) groups excluding carboxylic acids is 1. The van der Waals surface area contributed by atoms with Crippen molar-refractivity contribution in [1.29, 1.82) is 0 Å². The maximum Gasteiger partial charge on any atom is 0.310 e. The SMILES string of the molecule is CCOC(=O)Cc1c(C(F)F)cnc(CCl)c1N. The van der Waals surface area contributed by atoms with Crippen LogP contribution in [0.5, 0.6) is 0 Å². The van der Waals surface area contributed by atoms with Crippen LogP contribution in [-0.4, -0.2) is 17.6 Å². The highest BCUT2D eigenvalue weighted by Gasteiger charge is 2.21. The largest absolute Gasteiger partial charge is 0.466 e. The van der Waals surface area contributed by atoms with E-state index in [0.717, 1.165) is 6.20 Å². The van der Waals surface area contributed by atoms with Crippen LogP contribution in [0.4, 0.5) is 14.5 Å². The predicted octanol–water partition coefficient (Wildman–Crippen LogP) is 2.45. The lowest BCUT2D eigenvalue weighted by Crippen LogP contribution is -2.13. The molecule has 1 heterocycles. The van der Waals surface area contributed by atoms with Gasteiger partial charge in [-0.2, -0.15) is 0 Å². The number of nitrogen functional groups attached to an aromatic ring is 1. The maximum absolute atomic E-state index is 12.8. The molecular weight excluding hydrogens is 266 g/mol. The van der Waals surface area contributed by atoms with Crippen molar-refractivity contribution in [3.8, 4) is 0 Å². The molecule has 0 saturated carbocycles. The minimum Gasteiger partial charge on any atom is -0.466 e. The number of aromatic nitrogens is 1. The summed E-state index contributed by atoms with van der Waals surface area (Å²) < 4.78 is 30.3. The Balaban J connectivity index is 3.15. The fourth-order valence-electron chi connectivity index (χ4n) is 1.47. The first kappa shape index (κ1) is 14.6. The van der Waals surface area contributed by atoms with Crippen molar-refractivity contribution in [3.63, 3.8) is 0 Å². The van der Waals surface area contributed by atoms with Crippen LogP contribution in [0.2, 0.25) is 0 Å². The number of rotatable bonds is 5. The molecule has 0 radical (unpaired) electrons. The number of hydrogen-bond acceptors (Lipinski definition) is 4. The highest BCUT2D eigenvalue weighted by atomic mass is 35.5. The Hall–Kier alpha value is -1.43. The van der Waals surface area contributed by atoms with Crippen LogP contribution < -0.4 is 5.73 Å². The van der Waals surface area contributed by atoms with Crippen molar-refractivity contribution >= 4 is 23.3 Å². The molecule has 0 spiro atoms. The standard InChI is InChI=1S/C11H13ClF2N2O2/c1-2-18-9(17)3-6-7(11(13)14)5-16-8(4-12)10(6)15/h5,11H,2-4,15H2,1H3. The third-order valence-electron chi connectivity index (χ3n) is 2.33. The van der Waals surface area contributed by atoms with Gasteiger partial charge in [0.25, 0.3) is 6.43 Å². The van der Waals surface area contributed by atoms with E-state index in [-0.39, 0.29) is 41.4 Å². The van der Waals surface area contributed by atoms with Crippen molar-refractivity contribution in [2.24, 2.45) is 0 Å². The van der Waals surface area contributed by atoms with E-state index < -0.39 is 12.4 Å². The topological polar surface area (TPSA) is 65.2 Å². The molecule has 1 aromatic rings. The number of hydrogen-bond donors (Lipinski definition) is 1. The quantitative estimate of drug-likeness (QED) is 0.664. The lowest BCUT2D eigenvalue weighted by Gasteiger charge is -2.13. The smallest absolute Gasteiger partial charge is 0.310 e. The second kappa shape index (κ2) is 6.49. The monoisotopic (exact) mass is 278 g/mol. The van der Waals surface area contributed by atoms with Gasteiger partial charge in [0.1, 0.15) is 0 Å². The van der Waals surface area contributed by atoms with Crippen LogP contribution in [-0.2, 0) is 21.8 Å². The molecule has 0 fully saturated rings. The summed E-state index contributed by atoms with van der Waals surface area (Å²) in [5.41, 5.74) is 5.66. The van der Waals surface area contributed by atoms with Gasteiger partial charge in [0.15, 0.2) is 0 Å². The molecule has 0 bridgehead atoms. The van der Waals surface area contributed by atoms with Crippen LogP contribution >= 0.6 is 11.6 Å². The normalized spacial score (nSPS) is 10.7. The summed E-state index contributed by atoms with van der Waals surface area (Å²) >= 11 is 5.59. The first-order chi connectivity index (χ1) is 8.51. The Morgan fingerprint density at radius 1 is 1.61 bits per heavy atom. The Kier molecular flexibility index (Phi) is 5.27. The Labute approximate surface area is 108 Å². The van der Waals surface area contributed by atoms with Crippen molar-refractivity contribution in [2.75, 3.05) is 12.3 Å². The van der Waals surface area contributed by atoms with E-state index in [1.807, 2.05) is 0 Å². The van der Waals surface area contributed by atoms with E-state index in [1.165, 1.54) is 0 Å². The number of pyridine rings is 1. The summed E-state index contributed by atoms with van der Waals surface area (Å²) in [5, 5.41) is 0. The number of carbonyl (C=O) groups is 1. The van der Waals surface area contributed by atoms with Gasteiger partial charge in [0.2, 0.25) is 0 Å². The summed E-state index contributed by atoms with van der Waals surface area (Å²) in [6.45, 7) is 1.81. The van der Waals surface area contributed by atoms with Crippen molar-refractivity contribution in [2.45, 2.75) is 25.7 Å². The number of alkyl halides is 3. The number of halogens is 3. The molecule has 1 aromatic heterocycles. The van der Waals surface area contributed by atoms with Crippen LogP contribution in [0.25, 0.3) is 0 Å². The molecule has 0 aromatic carbocycles. The van der Waals surface area contributed by atoms with Gasteiger partial charge in [0, 0.05) is 11.8 Å². The molecule has 0 aliphatic rings. The van der Waals surface area contributed by atoms with Gasteiger partial charge in [-0.15, -0.1) is 11.6 Å². The Bertz CT molecular complexity index is 441. The zero-order valence-electron chi connectivity index (χ0n) is 9.75. The third-order valence-corrected chi connectivity index (χ3v) is 2.59. The highest BCUT2D eigenvalue weighted by molar-refractivity contribution is 6.17. The van der Waals surface area contributed by atoms with Gasteiger partial charge in [-0.1, -0.05) is 0 Å². The predicted molar refractivity (Wildman–Crippen MR) is 63.5 cm³/mol. The van der Waals surface area contributed by atoms with Crippen LogP contribution in [0.15, 0.2) is 6.20 Å². The number of ether oxygens (including phenoxy) is 1. The fraction of sp³-hybridized carbons (Fsp3) is 0.455. The Morgan fingerprint density at radius 2 is 2.28 bits per heavy atom. The van der Waals surface area contributed by atoms with Gasteiger partial charge in [0.05, 0.1) is 30.3 Å². The maximum atomic E-state index is 12.8. The Morgan fingerprint density at radius 3 is 2.78 bits per heavy atom. The van der Waals surface area contributed by atoms with Crippen LogP contribution in [0.1, 0.15) is 30.2 Å². The van der Waals surface area contributed by atoms with Crippen LogP contribution in [0, 0.1) is 0 Å². The summed E-state index contributed by atoms with van der Waals surface area (Å²) in [7, 11) is 0. The number of esters is 1. The molecule has 2 N–H and O–H groups in total. The second-order valence-electron chi connectivity index (χ2n) is 3.47. The third kappa shape index (κ3) is 3.29. The van der Waals surface area contributed by atoms with Crippen molar-refractivity contribution in [1.82, 2.24) is 4.98 Å². The molecule has 7 heteroatoms. The zero-order chi connectivity index (χ0) is 13.7. The van der Waals surface area contributed by atoms with E-state index in [4.69, 9.17) is 22.1 Å². The van der Waals surface area contributed by atoms with E-state index in [2.05, 4.69) is 4.98 Å². The minimum atomic E-state index is -2.76. The fourth-order valence-corrected chi connectivity index (χ4v) is 1.69. The van der Waals surface area contributed by atoms with Gasteiger partial charge in [-0.25, -0.2) is 8.78 Å². The van der Waals surface area contributed by atoms with Crippen molar-refractivity contribution < 1.29 is 18.3 Å². The molecule has 0 amide bonds.